The summed E-state index contributed by atoms with van der Waals surface area (Å²) in [6, 6.07) is 17.5. The van der Waals surface area contributed by atoms with Gasteiger partial charge in [0.25, 0.3) is 11.8 Å². The Morgan fingerprint density at radius 3 is 2.31 bits per heavy atom. The molecule has 0 saturated carbocycles. The van der Waals surface area contributed by atoms with E-state index in [1.54, 1.807) is 35.6 Å². The molecule has 1 saturated heterocycles. The number of benzene rings is 2. The van der Waals surface area contributed by atoms with Gasteiger partial charge < -0.3 is 10.2 Å². The van der Waals surface area contributed by atoms with Crippen LogP contribution in [0.15, 0.2) is 59.6 Å². The molecule has 2 amide bonds. The molecule has 35 heavy (non-hydrogen) atoms. The van der Waals surface area contributed by atoms with Crippen LogP contribution in [0.25, 0.3) is 0 Å². The largest absolute Gasteiger partial charge is 0.353 e. The number of nitrogens with one attached hydrogen (secondary N) is 1. The van der Waals surface area contributed by atoms with E-state index in [4.69, 9.17) is 4.99 Å². The lowest BCUT2D eigenvalue weighted by molar-refractivity contribution is 0.0644. The van der Waals surface area contributed by atoms with Crippen LogP contribution >= 0.6 is 11.3 Å². The van der Waals surface area contributed by atoms with Gasteiger partial charge in [-0.15, -0.1) is 11.3 Å². The van der Waals surface area contributed by atoms with Gasteiger partial charge in [0.2, 0.25) is 0 Å². The summed E-state index contributed by atoms with van der Waals surface area (Å²) >= 11 is 1.77. The van der Waals surface area contributed by atoms with Crippen LogP contribution in [0.4, 0.5) is 16.4 Å². The van der Waals surface area contributed by atoms with Crippen LogP contribution in [0.1, 0.15) is 37.6 Å². The number of piperazine rings is 1. The SMILES string of the molecule is Cc1cc2c(s1)Nc1ccccc1N=C2N1CCN(CCCN2C(=O)c3ccccc3C2=O)CC1. The van der Waals surface area contributed by atoms with Crippen molar-refractivity contribution in [1.29, 1.82) is 0 Å². The van der Waals surface area contributed by atoms with Gasteiger partial charge in [0.15, 0.2) is 0 Å². The zero-order valence-electron chi connectivity index (χ0n) is 19.7. The molecule has 0 unspecified atom stereocenters. The van der Waals surface area contributed by atoms with Crippen molar-refractivity contribution in [2.75, 3.05) is 44.6 Å². The molecule has 1 N–H and O–H groups in total. The molecule has 1 aromatic heterocycles. The number of aryl methyl sites for hydroxylation is 1. The highest BCUT2D eigenvalue weighted by molar-refractivity contribution is 7.16. The molecule has 0 aliphatic carbocycles. The second kappa shape index (κ2) is 8.94. The summed E-state index contributed by atoms with van der Waals surface area (Å²) in [6.45, 7) is 7.09. The van der Waals surface area contributed by atoms with E-state index in [2.05, 4.69) is 40.2 Å². The molecule has 6 rings (SSSR count). The van der Waals surface area contributed by atoms with Gasteiger partial charge in [-0.1, -0.05) is 24.3 Å². The zero-order valence-corrected chi connectivity index (χ0v) is 20.5. The van der Waals surface area contributed by atoms with E-state index in [9.17, 15) is 9.59 Å². The zero-order chi connectivity index (χ0) is 23.9. The van der Waals surface area contributed by atoms with Gasteiger partial charge in [-0.2, -0.15) is 0 Å². The fraction of sp³-hybridized carbons (Fsp3) is 0.296. The number of hydrogen-bond acceptors (Lipinski definition) is 7. The van der Waals surface area contributed by atoms with Crippen LogP contribution in [0.3, 0.4) is 0 Å². The number of nitrogens with zero attached hydrogens (tertiary/aromatic N) is 4. The molecule has 3 aliphatic heterocycles. The molecule has 0 spiro atoms. The number of amides is 2. The van der Waals surface area contributed by atoms with Gasteiger partial charge in [-0.3, -0.25) is 19.4 Å². The lowest BCUT2D eigenvalue weighted by Gasteiger charge is -2.36. The smallest absolute Gasteiger partial charge is 0.261 e. The maximum absolute atomic E-state index is 12.6. The van der Waals surface area contributed by atoms with E-state index in [0.29, 0.717) is 17.7 Å². The number of rotatable bonds is 4. The normalized spacial score (nSPS) is 17.5. The minimum atomic E-state index is -0.169. The number of carbonyl (C=O) groups excluding carboxylic acids is 2. The summed E-state index contributed by atoms with van der Waals surface area (Å²) in [7, 11) is 0. The molecule has 1 fully saturated rings. The van der Waals surface area contributed by atoms with Gasteiger partial charge in [-0.25, -0.2) is 4.99 Å². The van der Waals surface area contributed by atoms with Crippen LogP contribution in [-0.4, -0.2) is 71.6 Å². The minimum absolute atomic E-state index is 0.169. The average Bonchev–Trinajstić information content (AvgIpc) is 3.30. The Kier molecular flexibility index (Phi) is 5.62. The Morgan fingerprint density at radius 1 is 0.886 bits per heavy atom. The van der Waals surface area contributed by atoms with Crippen molar-refractivity contribution in [2.24, 2.45) is 4.99 Å². The third-order valence-electron chi connectivity index (χ3n) is 6.88. The molecule has 0 radical (unpaired) electrons. The lowest BCUT2D eigenvalue weighted by atomic mass is 10.1. The Labute approximate surface area is 208 Å². The third-order valence-corrected chi connectivity index (χ3v) is 7.85. The fourth-order valence-electron chi connectivity index (χ4n) is 5.07. The van der Waals surface area contributed by atoms with E-state index in [1.807, 2.05) is 12.1 Å². The Balaban J connectivity index is 1.09. The van der Waals surface area contributed by atoms with Gasteiger partial charge in [0, 0.05) is 37.6 Å². The first-order valence-electron chi connectivity index (χ1n) is 12.1. The van der Waals surface area contributed by atoms with Gasteiger partial charge >= 0.3 is 0 Å². The van der Waals surface area contributed by atoms with Crippen molar-refractivity contribution >= 4 is 45.4 Å². The van der Waals surface area contributed by atoms with Crippen molar-refractivity contribution in [3.63, 3.8) is 0 Å². The number of aliphatic imine (C=N–C) groups is 1. The first-order chi connectivity index (χ1) is 17.1. The van der Waals surface area contributed by atoms with E-state index in [-0.39, 0.29) is 11.8 Å². The van der Waals surface area contributed by atoms with Crippen LogP contribution in [0.2, 0.25) is 0 Å². The van der Waals surface area contributed by atoms with E-state index in [1.165, 1.54) is 15.3 Å². The van der Waals surface area contributed by atoms with E-state index >= 15 is 0 Å². The molecule has 2 aromatic carbocycles. The standard InChI is InChI=1S/C27H27N5O2S/c1-18-17-21-24(28-22-9-4-5-10-23(22)29-25(21)35-18)31-15-13-30(14-16-31)11-6-12-32-26(33)19-7-2-3-8-20(19)27(32)34/h2-5,7-10,17,29H,6,11-16H2,1H3. The Morgan fingerprint density at radius 2 is 1.57 bits per heavy atom. The highest BCUT2D eigenvalue weighted by atomic mass is 32.1. The monoisotopic (exact) mass is 485 g/mol. The number of amidine groups is 1. The maximum atomic E-state index is 12.6. The van der Waals surface area contributed by atoms with Crippen LogP contribution in [-0.2, 0) is 0 Å². The highest BCUT2D eigenvalue weighted by Crippen LogP contribution is 2.39. The van der Waals surface area contributed by atoms with Crippen LogP contribution in [0.5, 0.6) is 0 Å². The molecule has 0 bridgehead atoms. The van der Waals surface area contributed by atoms with E-state index < -0.39 is 0 Å². The van der Waals surface area contributed by atoms with Crippen molar-refractivity contribution in [3.8, 4) is 0 Å². The molecule has 7 nitrogen and oxygen atoms in total. The van der Waals surface area contributed by atoms with Gasteiger partial charge in [0.05, 0.1) is 28.1 Å². The second-order valence-corrected chi connectivity index (χ2v) is 10.4. The maximum Gasteiger partial charge on any atom is 0.261 e. The van der Waals surface area contributed by atoms with Crippen molar-refractivity contribution in [3.05, 3.63) is 76.2 Å². The van der Waals surface area contributed by atoms with Gasteiger partial charge in [0.1, 0.15) is 10.8 Å². The summed E-state index contributed by atoms with van der Waals surface area (Å²) in [4.78, 5) is 37.7. The predicted molar refractivity (Wildman–Crippen MR) is 139 cm³/mol. The number of para-hydroxylation sites is 2. The Hall–Kier alpha value is -3.49. The number of anilines is 2. The number of thiophene rings is 1. The molecular weight excluding hydrogens is 458 g/mol. The molecule has 8 heteroatoms. The first-order valence-corrected chi connectivity index (χ1v) is 12.9. The van der Waals surface area contributed by atoms with Gasteiger partial charge in [-0.05, 0) is 50.2 Å². The Bertz CT molecular complexity index is 1300. The van der Waals surface area contributed by atoms with Crippen molar-refractivity contribution in [2.45, 2.75) is 13.3 Å². The molecule has 0 atom stereocenters. The number of hydrogen-bond donors (Lipinski definition) is 1. The van der Waals surface area contributed by atoms with Crippen molar-refractivity contribution < 1.29 is 9.59 Å². The number of imide groups is 1. The van der Waals surface area contributed by atoms with Crippen LogP contribution < -0.4 is 5.32 Å². The summed E-state index contributed by atoms with van der Waals surface area (Å²) < 4.78 is 0. The molecular formula is C27H27N5O2S. The van der Waals surface area contributed by atoms with Crippen LogP contribution in [0, 0.1) is 6.92 Å². The highest BCUT2D eigenvalue weighted by Gasteiger charge is 2.34. The number of carbonyl (C=O) groups is 2. The molecule has 3 aromatic rings. The predicted octanol–water partition coefficient (Wildman–Crippen LogP) is 4.50. The van der Waals surface area contributed by atoms with E-state index in [0.717, 1.165) is 61.4 Å². The fourth-order valence-corrected chi connectivity index (χ4v) is 5.99. The number of fused-ring (bicyclic) bond motifs is 3. The average molecular weight is 486 g/mol. The second-order valence-electron chi connectivity index (χ2n) is 9.17. The first kappa shape index (κ1) is 22.0. The summed E-state index contributed by atoms with van der Waals surface area (Å²) in [5.41, 5.74) is 4.22. The van der Waals surface area contributed by atoms with Crippen molar-refractivity contribution in [1.82, 2.24) is 14.7 Å². The molecule has 4 heterocycles. The summed E-state index contributed by atoms with van der Waals surface area (Å²) in [5.74, 6) is 0.697. The summed E-state index contributed by atoms with van der Waals surface area (Å²) in [6.07, 6.45) is 0.775. The molecule has 178 valence electrons. The molecule has 3 aliphatic rings. The quantitative estimate of drug-likeness (QED) is 0.552. The lowest BCUT2D eigenvalue weighted by Crippen LogP contribution is -2.49. The minimum Gasteiger partial charge on any atom is -0.353 e. The summed E-state index contributed by atoms with van der Waals surface area (Å²) in [5, 5.41) is 4.72. The topological polar surface area (TPSA) is 68.2 Å². The third kappa shape index (κ3) is 4.02.